The Morgan fingerprint density at radius 2 is 2.08 bits per heavy atom. The van der Waals surface area contributed by atoms with Crippen LogP contribution in [-0.2, 0) is 6.18 Å². The van der Waals surface area contributed by atoms with Gasteiger partial charge in [-0.15, -0.1) is 0 Å². The van der Waals surface area contributed by atoms with Crippen molar-refractivity contribution in [2.75, 3.05) is 0 Å². The average molecular weight is 231 g/mol. The van der Waals surface area contributed by atoms with Gasteiger partial charge in [0.05, 0.1) is 0 Å². The molecule has 3 nitrogen and oxygen atoms in total. The number of primary amides is 1. The summed E-state index contributed by atoms with van der Waals surface area (Å²) in [7, 11) is 0. The molecule has 0 bridgehead atoms. The third kappa shape index (κ3) is 2.10. The lowest BCUT2D eigenvalue weighted by Crippen LogP contribution is -2.16. The molecule has 0 spiro atoms. The molecule has 0 aliphatic carbocycles. The smallest absolute Gasteiger partial charge is 0.365 e. The minimum absolute atomic E-state index is 0.360. The molecular formula is C5H2ClF3N2OS. The summed E-state index contributed by atoms with van der Waals surface area (Å²) >= 11 is 5.62. The van der Waals surface area contributed by atoms with Crippen LogP contribution in [0.5, 0.6) is 0 Å². The van der Waals surface area contributed by atoms with Crippen LogP contribution in [-0.4, -0.2) is 10.9 Å². The number of nitrogens with zero attached hydrogens (tertiary/aromatic N) is 1. The summed E-state index contributed by atoms with van der Waals surface area (Å²) in [4.78, 5) is 12.8. The number of nitrogens with two attached hydrogens (primary N) is 1. The van der Waals surface area contributed by atoms with E-state index in [9.17, 15) is 18.0 Å². The van der Waals surface area contributed by atoms with Gasteiger partial charge in [0.15, 0.2) is 10.2 Å². The predicted octanol–water partition coefficient (Wildman–Crippen LogP) is 1.91. The van der Waals surface area contributed by atoms with E-state index in [4.69, 9.17) is 17.3 Å². The molecule has 8 heteroatoms. The molecule has 0 fully saturated rings. The lowest BCUT2D eigenvalue weighted by atomic mass is 10.3. The number of carbonyl (C=O) groups is 1. The zero-order valence-electron chi connectivity index (χ0n) is 5.85. The number of carbonyl (C=O) groups excluding carboxylic acids is 1. The summed E-state index contributed by atoms with van der Waals surface area (Å²) < 4.78 is 35.9. The maximum absolute atomic E-state index is 12.1. The molecule has 1 rings (SSSR count). The lowest BCUT2D eigenvalue weighted by Gasteiger charge is -2.02. The summed E-state index contributed by atoms with van der Waals surface area (Å²) in [5.41, 5.74) is 3.37. The highest BCUT2D eigenvalue weighted by molar-refractivity contribution is 7.17. The van der Waals surface area contributed by atoms with Gasteiger partial charge in [0.25, 0.3) is 5.91 Å². The van der Waals surface area contributed by atoms with Crippen LogP contribution in [0.2, 0.25) is 4.47 Å². The first-order valence-electron chi connectivity index (χ1n) is 2.85. The van der Waals surface area contributed by atoms with Crippen molar-refractivity contribution in [2.45, 2.75) is 6.18 Å². The van der Waals surface area contributed by atoms with Crippen molar-refractivity contribution < 1.29 is 18.0 Å². The fourth-order valence-corrected chi connectivity index (χ4v) is 1.63. The van der Waals surface area contributed by atoms with Crippen LogP contribution in [0.4, 0.5) is 13.2 Å². The SMILES string of the molecule is NC(=O)c1sc(Cl)nc1C(F)(F)F. The van der Waals surface area contributed by atoms with Gasteiger partial charge in [-0.2, -0.15) is 13.2 Å². The van der Waals surface area contributed by atoms with Gasteiger partial charge in [-0.25, -0.2) is 4.98 Å². The summed E-state index contributed by atoms with van der Waals surface area (Å²) in [5, 5.41) is 0. The summed E-state index contributed by atoms with van der Waals surface area (Å²) in [6.07, 6.45) is -4.70. The van der Waals surface area contributed by atoms with E-state index in [-0.39, 0.29) is 4.47 Å². The number of alkyl halides is 3. The van der Waals surface area contributed by atoms with Gasteiger partial charge in [0, 0.05) is 0 Å². The first-order chi connectivity index (χ1) is 5.82. The number of aromatic nitrogens is 1. The molecule has 1 aromatic heterocycles. The quantitative estimate of drug-likeness (QED) is 0.801. The first kappa shape index (κ1) is 10.3. The molecule has 0 aliphatic heterocycles. The van der Waals surface area contributed by atoms with Crippen LogP contribution < -0.4 is 5.73 Å². The van der Waals surface area contributed by atoms with E-state index in [1.807, 2.05) is 0 Å². The zero-order valence-corrected chi connectivity index (χ0v) is 7.43. The summed E-state index contributed by atoms with van der Waals surface area (Å²) in [5.74, 6) is -1.18. The molecule has 0 aliphatic rings. The van der Waals surface area contributed by atoms with Crippen molar-refractivity contribution in [3.63, 3.8) is 0 Å². The number of halogens is 4. The Morgan fingerprint density at radius 1 is 1.54 bits per heavy atom. The monoisotopic (exact) mass is 230 g/mol. The molecule has 72 valence electrons. The van der Waals surface area contributed by atoms with Gasteiger partial charge < -0.3 is 5.73 Å². The zero-order chi connectivity index (χ0) is 10.2. The maximum atomic E-state index is 12.1. The van der Waals surface area contributed by atoms with Crippen LogP contribution in [0, 0.1) is 0 Å². The molecule has 1 amide bonds. The normalized spacial score (nSPS) is 11.7. The minimum Gasteiger partial charge on any atom is -0.365 e. The van der Waals surface area contributed by atoms with Gasteiger partial charge in [0.1, 0.15) is 4.88 Å². The van der Waals surface area contributed by atoms with Gasteiger partial charge in [-0.05, 0) is 0 Å². The van der Waals surface area contributed by atoms with E-state index in [0.717, 1.165) is 0 Å². The number of amides is 1. The van der Waals surface area contributed by atoms with E-state index >= 15 is 0 Å². The van der Waals surface area contributed by atoms with Gasteiger partial charge in [0.2, 0.25) is 0 Å². The van der Waals surface area contributed by atoms with Crippen molar-refractivity contribution in [3.05, 3.63) is 15.0 Å². The largest absolute Gasteiger partial charge is 0.435 e. The Balaban J connectivity index is 3.28. The van der Waals surface area contributed by atoms with E-state index in [2.05, 4.69) is 4.98 Å². The molecule has 0 saturated carbocycles. The molecular weight excluding hydrogens is 229 g/mol. The van der Waals surface area contributed by atoms with Crippen molar-refractivity contribution in [2.24, 2.45) is 5.73 Å². The second-order valence-electron chi connectivity index (χ2n) is 2.01. The molecule has 2 N–H and O–H groups in total. The van der Waals surface area contributed by atoms with E-state index in [0.29, 0.717) is 11.3 Å². The molecule has 1 aromatic rings. The fraction of sp³-hybridized carbons (Fsp3) is 0.200. The third-order valence-electron chi connectivity index (χ3n) is 1.09. The fourth-order valence-electron chi connectivity index (χ4n) is 0.653. The highest BCUT2D eigenvalue weighted by Gasteiger charge is 2.38. The van der Waals surface area contributed by atoms with Crippen molar-refractivity contribution in [1.29, 1.82) is 0 Å². The van der Waals surface area contributed by atoms with Gasteiger partial charge in [-0.1, -0.05) is 22.9 Å². The predicted molar refractivity (Wildman–Crippen MR) is 40.6 cm³/mol. The second-order valence-corrected chi connectivity index (χ2v) is 3.59. The highest BCUT2D eigenvalue weighted by Crippen LogP contribution is 2.35. The number of rotatable bonds is 1. The van der Waals surface area contributed by atoms with Crippen LogP contribution in [0.25, 0.3) is 0 Å². The second kappa shape index (κ2) is 3.15. The average Bonchev–Trinajstić information content (AvgIpc) is 2.29. The van der Waals surface area contributed by atoms with E-state index in [1.165, 1.54) is 0 Å². The first-order valence-corrected chi connectivity index (χ1v) is 4.05. The minimum atomic E-state index is -4.70. The van der Waals surface area contributed by atoms with E-state index < -0.39 is 22.7 Å². The van der Waals surface area contributed by atoms with Crippen LogP contribution >= 0.6 is 22.9 Å². The lowest BCUT2D eigenvalue weighted by molar-refractivity contribution is -0.141. The topological polar surface area (TPSA) is 56.0 Å². The summed E-state index contributed by atoms with van der Waals surface area (Å²) in [6, 6.07) is 0. The number of hydrogen-bond donors (Lipinski definition) is 1. The van der Waals surface area contributed by atoms with Crippen LogP contribution in [0.15, 0.2) is 0 Å². The summed E-state index contributed by atoms with van der Waals surface area (Å²) in [6.45, 7) is 0. The standard InChI is InChI=1S/C5H2ClF3N2OS/c6-4-11-2(5(7,8)9)1(13-4)3(10)12/h(H2,10,12). The van der Waals surface area contributed by atoms with Crippen LogP contribution in [0.3, 0.4) is 0 Å². The Bertz CT molecular complexity index is 348. The maximum Gasteiger partial charge on any atom is 0.435 e. The molecule has 1 heterocycles. The molecule has 13 heavy (non-hydrogen) atoms. The Labute approximate surface area is 79.3 Å². The van der Waals surface area contributed by atoms with Crippen molar-refractivity contribution in [1.82, 2.24) is 4.98 Å². The molecule has 0 saturated heterocycles. The Kier molecular flexibility index (Phi) is 2.49. The molecule has 0 unspecified atom stereocenters. The highest BCUT2D eigenvalue weighted by atomic mass is 35.5. The van der Waals surface area contributed by atoms with E-state index in [1.54, 1.807) is 0 Å². The number of hydrogen-bond acceptors (Lipinski definition) is 3. The number of thiazole rings is 1. The van der Waals surface area contributed by atoms with Crippen molar-refractivity contribution in [3.8, 4) is 0 Å². The molecule has 0 radical (unpaired) electrons. The third-order valence-corrected chi connectivity index (χ3v) is 2.27. The van der Waals surface area contributed by atoms with Gasteiger partial charge >= 0.3 is 6.18 Å². The Morgan fingerprint density at radius 3 is 2.38 bits per heavy atom. The van der Waals surface area contributed by atoms with Crippen LogP contribution in [0.1, 0.15) is 15.4 Å². The van der Waals surface area contributed by atoms with Gasteiger partial charge in [-0.3, -0.25) is 4.79 Å². The molecule has 0 atom stereocenters. The van der Waals surface area contributed by atoms with Crippen molar-refractivity contribution >= 4 is 28.8 Å². The molecule has 0 aromatic carbocycles. The Hall–Kier alpha value is -0.820.